The van der Waals surface area contributed by atoms with E-state index in [2.05, 4.69) is 93.8 Å². The Labute approximate surface area is 220 Å². The normalized spacial score (nSPS) is 14.9. The van der Waals surface area contributed by atoms with Gasteiger partial charge in [-0.05, 0) is 63.8 Å². The van der Waals surface area contributed by atoms with Crippen LogP contribution in [0.4, 0.5) is 0 Å². The summed E-state index contributed by atoms with van der Waals surface area (Å²) < 4.78 is 0.647. The quantitative estimate of drug-likeness (QED) is 0.213. The molecule has 0 fully saturated rings. The second kappa shape index (κ2) is 11.6. The average Bonchev–Trinajstić information content (AvgIpc) is 2.77. The summed E-state index contributed by atoms with van der Waals surface area (Å²) in [7, 11) is 4.26. The number of quaternary nitrogens is 1. The molecule has 0 saturated heterocycles. The number of hydrogen-bond acceptors (Lipinski definition) is 3. The van der Waals surface area contributed by atoms with E-state index in [4.69, 9.17) is 0 Å². The molecule has 0 radical (unpaired) electrons. The molecule has 2 atom stereocenters. The molecule has 4 nitrogen and oxygen atoms in total. The molecule has 3 N–H and O–H groups in total. The molecule has 0 aliphatic heterocycles. The van der Waals surface area contributed by atoms with Crippen molar-refractivity contribution in [3.05, 3.63) is 59.2 Å². The van der Waals surface area contributed by atoms with Gasteiger partial charge in [0, 0.05) is 6.42 Å². The van der Waals surface area contributed by atoms with Crippen molar-refractivity contribution in [2.24, 2.45) is 22.7 Å². The predicted octanol–water partition coefficient (Wildman–Crippen LogP) is 7.29. The van der Waals surface area contributed by atoms with E-state index in [0.717, 1.165) is 19.4 Å². The highest BCUT2D eigenvalue weighted by molar-refractivity contribution is 5.41. The van der Waals surface area contributed by atoms with Crippen LogP contribution >= 0.6 is 0 Å². The molecule has 4 heteroatoms. The van der Waals surface area contributed by atoms with Crippen molar-refractivity contribution < 1.29 is 19.8 Å². The van der Waals surface area contributed by atoms with Gasteiger partial charge in [0.25, 0.3) is 0 Å². The fourth-order valence-corrected chi connectivity index (χ4v) is 4.78. The molecule has 0 saturated carbocycles. The highest BCUT2D eigenvalue weighted by Gasteiger charge is 2.38. The third-order valence-electron chi connectivity index (χ3n) is 9.09. The lowest BCUT2D eigenvalue weighted by Crippen LogP contribution is -2.44. The minimum absolute atomic E-state index is 0.171. The van der Waals surface area contributed by atoms with Crippen LogP contribution in [0, 0.1) is 22.7 Å². The van der Waals surface area contributed by atoms with E-state index in [-0.39, 0.29) is 22.3 Å². The number of rotatable bonds is 12. The van der Waals surface area contributed by atoms with Crippen LogP contribution in [0.1, 0.15) is 90.5 Å². The zero-order chi connectivity index (χ0) is 27.5. The van der Waals surface area contributed by atoms with Gasteiger partial charge in [0.2, 0.25) is 0 Å². The number of aliphatic hydroxyl groups excluding tert-OH is 1. The van der Waals surface area contributed by atoms with E-state index in [1.54, 1.807) is 6.07 Å². The number of likely N-dealkylation sites (N-methyl/N-ethyl adjacent to an activating group) is 1. The molecule has 36 heavy (non-hydrogen) atoms. The van der Waals surface area contributed by atoms with Crippen LogP contribution in [0.2, 0.25) is 0 Å². The van der Waals surface area contributed by atoms with E-state index >= 15 is 0 Å². The summed E-state index contributed by atoms with van der Waals surface area (Å²) in [5.74, 6) is 1.29. The van der Waals surface area contributed by atoms with Gasteiger partial charge in [0.1, 0.15) is 12.6 Å². The summed E-state index contributed by atoms with van der Waals surface area (Å²) in [5, 5.41) is 30.1. The van der Waals surface area contributed by atoms with Gasteiger partial charge in [-0.2, -0.15) is 0 Å². The second-order valence-corrected chi connectivity index (χ2v) is 13.5. The highest BCUT2D eigenvalue weighted by atomic mass is 16.3. The lowest BCUT2D eigenvalue weighted by Gasteiger charge is -2.44. The molecule has 0 heterocycles. The van der Waals surface area contributed by atoms with Gasteiger partial charge in [0.15, 0.2) is 11.5 Å². The Morgan fingerprint density at radius 3 is 2.00 bits per heavy atom. The third kappa shape index (κ3) is 7.73. The number of aromatic hydroxyl groups is 2. The Bertz CT molecular complexity index is 991. The average molecular weight is 499 g/mol. The molecule has 0 aliphatic carbocycles. The largest absolute Gasteiger partial charge is 0.504 e. The number of phenolic OH excluding ortho intramolecular Hbond substituents is 2. The first-order valence-electron chi connectivity index (χ1n) is 13.6. The SMILES string of the molecule is CC(C)C(C)(C)CC(c1cccc(CC[N+](C)(C)CC(O)c2ccc(O)c(O)c2)c1)C(C)(C)C(C)C. The molecule has 2 aromatic carbocycles. The summed E-state index contributed by atoms with van der Waals surface area (Å²) in [6.07, 6.45) is 1.37. The van der Waals surface area contributed by atoms with E-state index in [9.17, 15) is 15.3 Å². The van der Waals surface area contributed by atoms with Crippen LogP contribution in [0.5, 0.6) is 11.5 Å². The number of aliphatic hydroxyl groups is 1. The van der Waals surface area contributed by atoms with Crippen molar-refractivity contribution >= 4 is 0 Å². The van der Waals surface area contributed by atoms with Gasteiger partial charge in [-0.15, -0.1) is 0 Å². The lowest BCUT2D eigenvalue weighted by molar-refractivity contribution is -0.893. The van der Waals surface area contributed by atoms with Crippen molar-refractivity contribution in [3.8, 4) is 11.5 Å². The van der Waals surface area contributed by atoms with Crippen LogP contribution in [-0.4, -0.2) is 47.0 Å². The van der Waals surface area contributed by atoms with Gasteiger partial charge in [-0.3, -0.25) is 0 Å². The van der Waals surface area contributed by atoms with Crippen LogP contribution in [0.25, 0.3) is 0 Å². The van der Waals surface area contributed by atoms with Gasteiger partial charge in [-0.25, -0.2) is 0 Å². The molecular formula is C32H52NO3+. The van der Waals surface area contributed by atoms with Crippen LogP contribution in [0.3, 0.4) is 0 Å². The van der Waals surface area contributed by atoms with Crippen LogP contribution in [-0.2, 0) is 6.42 Å². The summed E-state index contributed by atoms with van der Waals surface area (Å²) in [5.41, 5.74) is 3.82. The van der Waals surface area contributed by atoms with Crippen LogP contribution < -0.4 is 0 Å². The second-order valence-electron chi connectivity index (χ2n) is 13.5. The van der Waals surface area contributed by atoms with E-state index in [1.165, 1.54) is 23.3 Å². The van der Waals surface area contributed by atoms with Crippen molar-refractivity contribution in [2.75, 3.05) is 27.2 Å². The zero-order valence-corrected chi connectivity index (χ0v) is 24.5. The Hall–Kier alpha value is -2.04. The van der Waals surface area contributed by atoms with Crippen molar-refractivity contribution in [1.29, 1.82) is 0 Å². The molecule has 0 aromatic heterocycles. The van der Waals surface area contributed by atoms with E-state index in [0.29, 0.717) is 34.3 Å². The Morgan fingerprint density at radius 2 is 1.44 bits per heavy atom. The third-order valence-corrected chi connectivity index (χ3v) is 9.09. The molecule has 2 unspecified atom stereocenters. The standard InChI is InChI=1S/C32H51NO3/c1-22(2)31(5,6)20-27(32(7,8)23(3)4)25-13-11-12-24(18-25)16-17-33(9,10)21-30(36)26-14-15-28(34)29(35)19-26/h11-15,18-19,22-23,27,30,36H,16-17,20-21H2,1-10H3,(H-,34,35)/p+1. The summed E-state index contributed by atoms with van der Waals surface area (Å²) in [4.78, 5) is 0. The Morgan fingerprint density at radius 1 is 0.806 bits per heavy atom. The maximum atomic E-state index is 10.8. The first-order valence-corrected chi connectivity index (χ1v) is 13.6. The summed E-state index contributed by atoms with van der Waals surface area (Å²) in [6, 6.07) is 13.7. The molecule has 0 aliphatic rings. The van der Waals surface area contributed by atoms with Gasteiger partial charge >= 0.3 is 0 Å². The topological polar surface area (TPSA) is 60.7 Å². The smallest absolute Gasteiger partial charge is 0.157 e. The minimum Gasteiger partial charge on any atom is -0.504 e. The lowest BCUT2D eigenvalue weighted by atomic mass is 9.61. The van der Waals surface area contributed by atoms with E-state index < -0.39 is 6.10 Å². The highest BCUT2D eigenvalue weighted by Crippen LogP contribution is 2.49. The van der Waals surface area contributed by atoms with Crippen LogP contribution in [0.15, 0.2) is 42.5 Å². The summed E-state index contributed by atoms with van der Waals surface area (Å²) in [6.45, 7) is 20.4. The molecule has 2 aromatic rings. The molecular weight excluding hydrogens is 446 g/mol. The molecule has 202 valence electrons. The number of benzene rings is 2. The maximum absolute atomic E-state index is 10.8. The summed E-state index contributed by atoms with van der Waals surface area (Å²) >= 11 is 0. The molecule has 0 amide bonds. The van der Waals surface area contributed by atoms with Crippen molar-refractivity contribution in [2.45, 2.75) is 80.3 Å². The Kier molecular flexibility index (Phi) is 9.70. The monoisotopic (exact) mass is 498 g/mol. The van der Waals surface area contributed by atoms with Crippen molar-refractivity contribution in [3.63, 3.8) is 0 Å². The fraction of sp³-hybridized carbons (Fsp3) is 0.625. The first-order chi connectivity index (χ1) is 16.5. The molecule has 0 bridgehead atoms. The van der Waals surface area contributed by atoms with Gasteiger partial charge in [-0.1, -0.05) is 85.7 Å². The van der Waals surface area contributed by atoms with Gasteiger partial charge in [0.05, 0.1) is 20.6 Å². The van der Waals surface area contributed by atoms with E-state index in [1.807, 2.05) is 0 Å². The Balaban J connectivity index is 2.20. The maximum Gasteiger partial charge on any atom is 0.157 e. The number of hydrogen-bond donors (Lipinski definition) is 3. The number of nitrogens with zero attached hydrogens (tertiary/aromatic N) is 1. The van der Waals surface area contributed by atoms with Crippen molar-refractivity contribution in [1.82, 2.24) is 0 Å². The minimum atomic E-state index is -0.715. The predicted molar refractivity (Wildman–Crippen MR) is 151 cm³/mol. The van der Waals surface area contributed by atoms with Gasteiger partial charge < -0.3 is 19.8 Å². The molecule has 0 spiro atoms. The zero-order valence-electron chi connectivity index (χ0n) is 24.5. The first kappa shape index (κ1) is 30.2. The number of phenols is 2. The molecule has 2 rings (SSSR count). The fourth-order valence-electron chi connectivity index (χ4n) is 4.78.